The molecule has 2 aliphatic carbocycles. The second-order valence-electron chi connectivity index (χ2n) is 5.90. The molecule has 0 bridgehead atoms. The smallest absolute Gasteiger partial charge is 0.227 e. The van der Waals surface area contributed by atoms with E-state index in [9.17, 15) is 4.79 Å². The topological polar surface area (TPSA) is 93.2 Å². The van der Waals surface area contributed by atoms with Crippen LogP contribution in [0.25, 0.3) is 0 Å². The largest absolute Gasteiger partial charge is 0.394 e. The Balaban J connectivity index is 1.75. The molecule has 1 unspecified atom stereocenters. The van der Waals surface area contributed by atoms with Crippen LogP contribution in [0.3, 0.4) is 0 Å². The number of carbonyl (C=O) groups excluding carboxylic acids is 1. The van der Waals surface area contributed by atoms with Gasteiger partial charge < -0.3 is 16.2 Å². The Hall–Kier alpha value is -1.40. The van der Waals surface area contributed by atoms with Crippen molar-refractivity contribution in [3.05, 3.63) is 17.5 Å². The van der Waals surface area contributed by atoms with E-state index in [-0.39, 0.29) is 24.0 Å². The van der Waals surface area contributed by atoms with Gasteiger partial charge in [-0.3, -0.25) is 9.48 Å². The zero-order valence-electron chi connectivity index (χ0n) is 11.6. The first-order valence-electron chi connectivity index (χ1n) is 7.37. The maximum atomic E-state index is 12.3. The van der Waals surface area contributed by atoms with E-state index >= 15 is 0 Å². The fourth-order valence-electron chi connectivity index (χ4n) is 3.04. The second-order valence-corrected chi connectivity index (χ2v) is 5.90. The molecule has 3 rings (SSSR count). The number of aliphatic hydroxyl groups is 1. The van der Waals surface area contributed by atoms with Crippen LogP contribution in [0.2, 0.25) is 0 Å². The third kappa shape index (κ3) is 2.23. The number of carbonyl (C=O) groups is 1. The summed E-state index contributed by atoms with van der Waals surface area (Å²) in [6.07, 6.45) is 6.58. The molecule has 0 saturated heterocycles. The first-order chi connectivity index (χ1) is 9.70. The van der Waals surface area contributed by atoms with Crippen LogP contribution in [-0.2, 0) is 17.8 Å². The van der Waals surface area contributed by atoms with Crippen molar-refractivity contribution >= 4 is 5.91 Å². The summed E-state index contributed by atoms with van der Waals surface area (Å²) >= 11 is 0. The molecule has 0 radical (unpaired) electrons. The number of nitrogens with zero attached hydrogens (tertiary/aromatic N) is 2. The van der Waals surface area contributed by atoms with Crippen LogP contribution in [0.15, 0.2) is 6.20 Å². The highest BCUT2D eigenvalue weighted by molar-refractivity contribution is 5.86. The van der Waals surface area contributed by atoms with Crippen molar-refractivity contribution in [2.45, 2.75) is 44.7 Å². The van der Waals surface area contributed by atoms with Crippen molar-refractivity contribution in [3.8, 4) is 0 Å². The number of hydrogen-bond donors (Lipinski definition) is 3. The Bertz CT molecular complexity index is 507. The molecule has 6 nitrogen and oxygen atoms in total. The van der Waals surface area contributed by atoms with Crippen LogP contribution in [0.5, 0.6) is 0 Å². The van der Waals surface area contributed by atoms with Gasteiger partial charge in [0.15, 0.2) is 0 Å². The standard InChI is InChI=1S/C14H22N4O2/c15-9-14(4-5-14)13(20)17-11-2-1-3-12-10(11)8-16-18(12)6-7-19/h8,11,19H,1-7,9,15H2,(H,17,20). The maximum Gasteiger partial charge on any atom is 0.227 e. The van der Waals surface area contributed by atoms with Crippen LogP contribution in [0, 0.1) is 5.41 Å². The van der Waals surface area contributed by atoms with Crippen molar-refractivity contribution in [1.29, 1.82) is 0 Å². The number of amides is 1. The molecule has 1 aromatic heterocycles. The minimum Gasteiger partial charge on any atom is -0.394 e. The Morgan fingerprint density at radius 3 is 3.05 bits per heavy atom. The van der Waals surface area contributed by atoms with E-state index in [0.717, 1.165) is 43.4 Å². The zero-order chi connectivity index (χ0) is 14.2. The Kier molecular flexibility index (Phi) is 3.52. The zero-order valence-corrected chi connectivity index (χ0v) is 11.6. The number of fused-ring (bicyclic) bond motifs is 1. The van der Waals surface area contributed by atoms with Crippen LogP contribution < -0.4 is 11.1 Å². The molecule has 20 heavy (non-hydrogen) atoms. The fraction of sp³-hybridized carbons (Fsp3) is 0.714. The molecule has 2 aliphatic rings. The first kappa shape index (κ1) is 13.6. The summed E-state index contributed by atoms with van der Waals surface area (Å²) < 4.78 is 1.85. The highest BCUT2D eigenvalue weighted by Crippen LogP contribution is 2.45. The van der Waals surface area contributed by atoms with Gasteiger partial charge in [-0.15, -0.1) is 0 Å². The minimum atomic E-state index is -0.307. The van der Waals surface area contributed by atoms with Crippen molar-refractivity contribution in [3.63, 3.8) is 0 Å². The van der Waals surface area contributed by atoms with E-state index in [4.69, 9.17) is 10.8 Å². The van der Waals surface area contributed by atoms with E-state index in [0.29, 0.717) is 13.1 Å². The van der Waals surface area contributed by atoms with E-state index in [1.165, 1.54) is 0 Å². The summed E-state index contributed by atoms with van der Waals surface area (Å²) in [5.74, 6) is 0.0905. The van der Waals surface area contributed by atoms with Crippen LogP contribution in [0.1, 0.15) is 43.0 Å². The maximum absolute atomic E-state index is 12.3. The molecule has 1 saturated carbocycles. The van der Waals surface area contributed by atoms with E-state index in [2.05, 4.69) is 10.4 Å². The lowest BCUT2D eigenvalue weighted by Crippen LogP contribution is -2.39. The summed E-state index contributed by atoms with van der Waals surface area (Å²) in [6, 6.07) is 0.0442. The Labute approximate surface area is 118 Å². The average molecular weight is 278 g/mol. The highest BCUT2D eigenvalue weighted by atomic mass is 16.3. The lowest BCUT2D eigenvalue weighted by molar-refractivity contribution is -0.126. The molecule has 0 spiro atoms. The van der Waals surface area contributed by atoms with Crippen molar-refractivity contribution in [2.24, 2.45) is 11.1 Å². The predicted octanol–water partition coefficient (Wildman–Crippen LogP) is 0.108. The van der Waals surface area contributed by atoms with Crippen molar-refractivity contribution < 1.29 is 9.90 Å². The number of aromatic nitrogens is 2. The molecular weight excluding hydrogens is 256 g/mol. The summed E-state index contributed by atoms with van der Waals surface area (Å²) in [7, 11) is 0. The van der Waals surface area contributed by atoms with Crippen molar-refractivity contribution in [2.75, 3.05) is 13.2 Å². The second kappa shape index (κ2) is 5.18. The lowest BCUT2D eigenvalue weighted by Gasteiger charge is -2.26. The van der Waals surface area contributed by atoms with Gasteiger partial charge in [-0.2, -0.15) is 5.10 Å². The number of aliphatic hydroxyl groups excluding tert-OH is 1. The molecule has 0 aliphatic heterocycles. The monoisotopic (exact) mass is 278 g/mol. The Morgan fingerprint density at radius 1 is 1.60 bits per heavy atom. The van der Waals surface area contributed by atoms with E-state index < -0.39 is 0 Å². The van der Waals surface area contributed by atoms with E-state index in [1.807, 2.05) is 10.9 Å². The molecule has 4 N–H and O–H groups in total. The van der Waals surface area contributed by atoms with E-state index in [1.54, 1.807) is 0 Å². The molecule has 1 heterocycles. The molecule has 6 heteroatoms. The molecule has 1 atom stereocenters. The van der Waals surface area contributed by atoms with Gasteiger partial charge in [-0.25, -0.2) is 0 Å². The van der Waals surface area contributed by atoms with Gasteiger partial charge in [0.05, 0.1) is 30.8 Å². The quantitative estimate of drug-likeness (QED) is 0.712. The van der Waals surface area contributed by atoms with Gasteiger partial charge in [0, 0.05) is 17.8 Å². The van der Waals surface area contributed by atoms with Crippen LogP contribution >= 0.6 is 0 Å². The van der Waals surface area contributed by atoms with Gasteiger partial charge in [-0.1, -0.05) is 0 Å². The number of nitrogens with one attached hydrogen (secondary N) is 1. The molecule has 1 fully saturated rings. The summed E-state index contributed by atoms with van der Waals surface area (Å²) in [6.45, 7) is 1.03. The SMILES string of the molecule is NCC1(C(=O)NC2CCCc3c2cnn3CCO)CC1. The Morgan fingerprint density at radius 2 is 2.40 bits per heavy atom. The predicted molar refractivity (Wildman–Crippen MR) is 73.9 cm³/mol. The summed E-state index contributed by atoms with van der Waals surface area (Å²) in [5, 5.41) is 16.5. The lowest BCUT2D eigenvalue weighted by atomic mass is 9.92. The van der Waals surface area contributed by atoms with Crippen LogP contribution in [-0.4, -0.2) is 33.9 Å². The van der Waals surface area contributed by atoms with Crippen LogP contribution in [0.4, 0.5) is 0 Å². The number of hydrogen-bond acceptors (Lipinski definition) is 4. The fourth-order valence-corrected chi connectivity index (χ4v) is 3.04. The summed E-state index contributed by atoms with van der Waals surface area (Å²) in [5.41, 5.74) is 7.65. The first-order valence-corrected chi connectivity index (χ1v) is 7.37. The molecule has 1 aromatic rings. The molecular formula is C14H22N4O2. The van der Waals surface area contributed by atoms with Gasteiger partial charge in [0.1, 0.15) is 0 Å². The van der Waals surface area contributed by atoms with Gasteiger partial charge >= 0.3 is 0 Å². The number of rotatable bonds is 5. The normalized spacial score (nSPS) is 23.2. The minimum absolute atomic E-state index is 0.0442. The van der Waals surface area contributed by atoms with Gasteiger partial charge in [-0.05, 0) is 32.1 Å². The molecule has 0 aromatic carbocycles. The van der Waals surface area contributed by atoms with Gasteiger partial charge in [0.2, 0.25) is 5.91 Å². The molecule has 110 valence electrons. The third-order valence-corrected chi connectivity index (χ3v) is 4.61. The average Bonchev–Trinajstić information content (AvgIpc) is 3.16. The highest BCUT2D eigenvalue weighted by Gasteiger charge is 2.49. The van der Waals surface area contributed by atoms with Gasteiger partial charge in [0.25, 0.3) is 0 Å². The third-order valence-electron chi connectivity index (χ3n) is 4.61. The van der Waals surface area contributed by atoms with Crippen molar-refractivity contribution in [1.82, 2.24) is 15.1 Å². The number of nitrogens with two attached hydrogens (primary N) is 1. The summed E-state index contributed by atoms with van der Waals surface area (Å²) in [4.78, 5) is 12.3. The molecule has 1 amide bonds.